The molecular weight excluding hydrogens is 236 g/mol. The number of alkyl halides is 2. The Morgan fingerprint density at radius 2 is 2.00 bits per heavy atom. The second kappa shape index (κ2) is 5.42. The Morgan fingerprint density at radius 3 is 2.41 bits per heavy atom. The molecule has 0 radical (unpaired) electrons. The molecule has 1 N–H and O–H groups in total. The lowest BCUT2D eigenvalue weighted by atomic mass is 10.3. The van der Waals surface area contributed by atoms with Gasteiger partial charge in [0.05, 0.1) is 6.54 Å². The van der Waals surface area contributed by atoms with Gasteiger partial charge < -0.3 is 14.4 Å². The van der Waals surface area contributed by atoms with Crippen molar-refractivity contribution in [3.8, 4) is 0 Å². The van der Waals surface area contributed by atoms with E-state index in [9.17, 15) is 18.4 Å². The average Bonchev–Trinajstić information content (AvgIpc) is 2.73. The molecule has 0 aliphatic rings. The van der Waals surface area contributed by atoms with E-state index < -0.39 is 30.6 Å². The van der Waals surface area contributed by atoms with Gasteiger partial charge in [-0.25, -0.2) is 13.6 Å². The van der Waals surface area contributed by atoms with Gasteiger partial charge in [0.15, 0.2) is 5.76 Å². The highest BCUT2D eigenvalue weighted by atomic mass is 19.3. The molecule has 1 aromatic heterocycles. The fourth-order valence-electron chi connectivity index (χ4n) is 1.25. The minimum atomic E-state index is -2.65. The summed E-state index contributed by atoms with van der Waals surface area (Å²) in [6, 6.07) is 2.26. The normalized spacial score (nSPS) is 10.6. The molecule has 17 heavy (non-hydrogen) atoms. The second-order valence-electron chi connectivity index (χ2n) is 3.20. The summed E-state index contributed by atoms with van der Waals surface area (Å²) in [7, 11) is 0. The van der Waals surface area contributed by atoms with Crippen molar-refractivity contribution in [1.29, 1.82) is 0 Å². The van der Waals surface area contributed by atoms with Crippen molar-refractivity contribution in [1.82, 2.24) is 4.90 Å². The summed E-state index contributed by atoms with van der Waals surface area (Å²) >= 11 is 0. The molecule has 0 saturated carbocycles. The maximum atomic E-state index is 12.2. The van der Waals surface area contributed by atoms with Crippen LogP contribution in [-0.4, -0.2) is 41.4 Å². The molecule has 1 rings (SSSR count). The molecule has 5 nitrogen and oxygen atoms in total. The third-order valence-electron chi connectivity index (χ3n) is 2.05. The van der Waals surface area contributed by atoms with Crippen LogP contribution < -0.4 is 0 Å². The Labute approximate surface area is 95.6 Å². The van der Waals surface area contributed by atoms with Gasteiger partial charge in [-0.2, -0.15) is 0 Å². The molecular formula is C10H11F2NO4. The fourth-order valence-corrected chi connectivity index (χ4v) is 1.25. The first-order chi connectivity index (χ1) is 7.95. The van der Waals surface area contributed by atoms with E-state index in [2.05, 4.69) is 0 Å². The monoisotopic (exact) mass is 247 g/mol. The molecule has 0 bridgehead atoms. The van der Waals surface area contributed by atoms with E-state index in [-0.39, 0.29) is 12.3 Å². The number of hydrogen-bond donors (Lipinski definition) is 1. The largest absolute Gasteiger partial charge is 0.475 e. The molecule has 1 aromatic rings. The Kier molecular flexibility index (Phi) is 4.19. The van der Waals surface area contributed by atoms with Crippen molar-refractivity contribution in [2.45, 2.75) is 13.3 Å². The number of hydrogen-bond acceptors (Lipinski definition) is 3. The molecule has 1 amide bonds. The van der Waals surface area contributed by atoms with Crippen molar-refractivity contribution in [2.75, 3.05) is 13.1 Å². The maximum Gasteiger partial charge on any atom is 0.371 e. The van der Waals surface area contributed by atoms with Crippen LogP contribution in [0, 0.1) is 0 Å². The zero-order chi connectivity index (χ0) is 13.0. The second-order valence-corrected chi connectivity index (χ2v) is 3.20. The predicted molar refractivity (Wildman–Crippen MR) is 53.2 cm³/mol. The lowest BCUT2D eigenvalue weighted by Gasteiger charge is -2.18. The topological polar surface area (TPSA) is 70.8 Å². The molecule has 0 spiro atoms. The van der Waals surface area contributed by atoms with Gasteiger partial charge in [0.25, 0.3) is 12.3 Å². The number of carbonyl (C=O) groups is 2. The molecule has 1 heterocycles. The van der Waals surface area contributed by atoms with Crippen LogP contribution in [0.25, 0.3) is 0 Å². The van der Waals surface area contributed by atoms with Gasteiger partial charge in [-0.1, -0.05) is 0 Å². The van der Waals surface area contributed by atoms with Crippen molar-refractivity contribution < 1.29 is 27.9 Å². The summed E-state index contributed by atoms with van der Waals surface area (Å²) in [6.07, 6.45) is -2.65. The minimum absolute atomic E-state index is 0.0896. The van der Waals surface area contributed by atoms with E-state index in [1.807, 2.05) is 0 Å². The summed E-state index contributed by atoms with van der Waals surface area (Å²) in [5, 5.41) is 8.58. The Morgan fingerprint density at radius 1 is 1.41 bits per heavy atom. The molecule has 0 atom stereocenters. The van der Waals surface area contributed by atoms with Gasteiger partial charge in [-0.15, -0.1) is 0 Å². The number of carboxylic acids is 1. The lowest BCUT2D eigenvalue weighted by molar-refractivity contribution is 0.0534. The van der Waals surface area contributed by atoms with E-state index in [1.54, 1.807) is 6.92 Å². The molecule has 0 fully saturated rings. The van der Waals surface area contributed by atoms with Gasteiger partial charge in [-0.3, -0.25) is 4.79 Å². The first-order valence-corrected chi connectivity index (χ1v) is 4.86. The molecule has 0 aromatic carbocycles. The van der Waals surface area contributed by atoms with Crippen molar-refractivity contribution in [3.05, 3.63) is 23.7 Å². The summed E-state index contributed by atoms with van der Waals surface area (Å²) in [5.74, 6) is -2.73. The molecule has 0 aliphatic heterocycles. The van der Waals surface area contributed by atoms with Crippen LogP contribution in [0.3, 0.4) is 0 Å². The smallest absolute Gasteiger partial charge is 0.371 e. The van der Waals surface area contributed by atoms with E-state index in [1.165, 1.54) is 0 Å². The molecule has 0 unspecified atom stereocenters. The summed E-state index contributed by atoms with van der Waals surface area (Å²) in [5.41, 5.74) is 0. The SMILES string of the molecule is CCN(CC(F)F)C(=O)c1ccc(C(=O)O)o1. The zero-order valence-corrected chi connectivity index (χ0v) is 9.02. The van der Waals surface area contributed by atoms with Crippen molar-refractivity contribution in [2.24, 2.45) is 0 Å². The van der Waals surface area contributed by atoms with Crippen LogP contribution in [0.1, 0.15) is 28.0 Å². The highest BCUT2D eigenvalue weighted by Crippen LogP contribution is 2.12. The Bertz CT molecular complexity index is 416. The lowest BCUT2D eigenvalue weighted by Crippen LogP contribution is -2.34. The zero-order valence-electron chi connectivity index (χ0n) is 9.02. The van der Waals surface area contributed by atoms with Gasteiger partial charge >= 0.3 is 5.97 Å². The molecule has 0 aliphatic carbocycles. The minimum Gasteiger partial charge on any atom is -0.475 e. The van der Waals surface area contributed by atoms with Gasteiger partial charge in [0, 0.05) is 6.54 Å². The number of halogens is 2. The predicted octanol–water partition coefficient (Wildman–Crippen LogP) is 1.71. The molecule has 0 saturated heterocycles. The highest BCUT2D eigenvalue weighted by Gasteiger charge is 2.22. The first-order valence-electron chi connectivity index (χ1n) is 4.86. The number of furan rings is 1. The third kappa shape index (κ3) is 3.27. The van der Waals surface area contributed by atoms with E-state index in [0.717, 1.165) is 17.0 Å². The molecule has 94 valence electrons. The first kappa shape index (κ1) is 13.1. The van der Waals surface area contributed by atoms with E-state index in [0.29, 0.717) is 0 Å². The van der Waals surface area contributed by atoms with Crippen LogP contribution in [0.4, 0.5) is 8.78 Å². The number of carboxylic acid groups (broad SMARTS) is 1. The maximum absolute atomic E-state index is 12.2. The van der Waals surface area contributed by atoms with Gasteiger partial charge in [0.1, 0.15) is 0 Å². The Balaban J connectivity index is 2.82. The van der Waals surface area contributed by atoms with E-state index >= 15 is 0 Å². The summed E-state index contributed by atoms with van der Waals surface area (Å²) < 4.78 is 29.1. The third-order valence-corrected chi connectivity index (χ3v) is 2.05. The van der Waals surface area contributed by atoms with E-state index in [4.69, 9.17) is 9.52 Å². The van der Waals surface area contributed by atoms with Gasteiger partial charge in [-0.05, 0) is 19.1 Å². The number of nitrogens with zero attached hydrogens (tertiary/aromatic N) is 1. The summed E-state index contributed by atoms with van der Waals surface area (Å²) in [6.45, 7) is 0.923. The van der Waals surface area contributed by atoms with Crippen LogP contribution in [0.15, 0.2) is 16.5 Å². The summed E-state index contributed by atoms with van der Waals surface area (Å²) in [4.78, 5) is 23.1. The van der Waals surface area contributed by atoms with Crippen LogP contribution in [-0.2, 0) is 0 Å². The van der Waals surface area contributed by atoms with Gasteiger partial charge in [0.2, 0.25) is 5.76 Å². The number of rotatable bonds is 5. The highest BCUT2D eigenvalue weighted by molar-refractivity contribution is 5.93. The standard InChI is InChI=1S/C10H11F2NO4/c1-2-13(5-8(11)12)9(14)6-3-4-7(17-6)10(15)16/h3-4,8H,2,5H2,1H3,(H,15,16). The number of aromatic carboxylic acids is 1. The van der Waals surface area contributed by atoms with Crippen molar-refractivity contribution >= 4 is 11.9 Å². The molecule has 7 heteroatoms. The van der Waals surface area contributed by atoms with Crippen LogP contribution in [0.5, 0.6) is 0 Å². The number of carbonyl (C=O) groups excluding carboxylic acids is 1. The quantitative estimate of drug-likeness (QED) is 0.859. The van der Waals surface area contributed by atoms with Crippen LogP contribution in [0.2, 0.25) is 0 Å². The Hall–Kier alpha value is -1.92. The van der Waals surface area contributed by atoms with Crippen LogP contribution >= 0.6 is 0 Å². The average molecular weight is 247 g/mol. The fraction of sp³-hybridized carbons (Fsp3) is 0.400. The van der Waals surface area contributed by atoms with Crippen molar-refractivity contribution in [3.63, 3.8) is 0 Å². The number of amides is 1.